The Hall–Kier alpha value is -3.61. The number of carbonyl (C=O) groups is 1. The quantitative estimate of drug-likeness (QED) is 0.379. The van der Waals surface area contributed by atoms with E-state index in [1.54, 1.807) is 6.20 Å². The lowest BCUT2D eigenvalue weighted by atomic mass is 9.87. The average molecular weight is 445 g/mol. The highest BCUT2D eigenvalue weighted by atomic mass is 16.2. The second kappa shape index (κ2) is 8.39. The van der Waals surface area contributed by atoms with Gasteiger partial charge in [-0.25, -0.2) is 9.48 Å². The van der Waals surface area contributed by atoms with E-state index in [-0.39, 0.29) is 16.9 Å². The first kappa shape index (κ1) is 22.6. The van der Waals surface area contributed by atoms with Crippen molar-refractivity contribution in [1.82, 2.24) is 25.3 Å². The van der Waals surface area contributed by atoms with Crippen molar-refractivity contribution < 1.29 is 4.79 Å². The third-order valence-electron chi connectivity index (χ3n) is 5.69. The fraction of sp³-hybridized carbons (Fsp3) is 0.346. The molecule has 0 atom stereocenters. The molecule has 0 spiro atoms. The lowest BCUT2D eigenvalue weighted by molar-refractivity contribution is 0.251. The van der Waals surface area contributed by atoms with Crippen molar-refractivity contribution in [2.24, 2.45) is 0 Å². The minimum atomic E-state index is -0.281. The zero-order valence-corrected chi connectivity index (χ0v) is 20.2. The first-order valence-corrected chi connectivity index (χ1v) is 11.2. The molecule has 0 saturated carbocycles. The Morgan fingerprint density at radius 2 is 1.73 bits per heavy atom. The zero-order valence-electron chi connectivity index (χ0n) is 20.2. The average Bonchev–Trinajstić information content (AvgIpc) is 3.39. The van der Waals surface area contributed by atoms with Crippen LogP contribution in [0, 0.1) is 0 Å². The number of nitrogens with one attached hydrogen (secondary N) is 3. The van der Waals surface area contributed by atoms with E-state index >= 15 is 0 Å². The van der Waals surface area contributed by atoms with E-state index in [0.717, 1.165) is 28.0 Å². The van der Waals surface area contributed by atoms with Gasteiger partial charge in [-0.15, -0.1) is 0 Å². The van der Waals surface area contributed by atoms with E-state index in [1.807, 2.05) is 22.9 Å². The van der Waals surface area contributed by atoms with Gasteiger partial charge in [-0.05, 0) is 41.3 Å². The number of aromatic nitrogens is 4. The number of urea groups is 1. The van der Waals surface area contributed by atoms with E-state index in [1.165, 1.54) is 5.56 Å². The molecule has 4 rings (SSSR count). The van der Waals surface area contributed by atoms with Crippen LogP contribution in [0.25, 0.3) is 16.6 Å². The molecule has 7 nitrogen and oxygen atoms in total. The maximum Gasteiger partial charge on any atom is 0.319 e. The van der Waals surface area contributed by atoms with E-state index in [4.69, 9.17) is 5.10 Å². The van der Waals surface area contributed by atoms with E-state index < -0.39 is 0 Å². The molecule has 2 heterocycles. The third-order valence-corrected chi connectivity index (χ3v) is 5.69. The number of rotatable bonds is 4. The Labute approximate surface area is 194 Å². The number of amides is 2. The molecule has 0 saturated heterocycles. The maximum atomic E-state index is 12.7. The molecular weight excluding hydrogens is 412 g/mol. The normalized spacial score (nSPS) is 12.2. The molecule has 2 aromatic heterocycles. The van der Waals surface area contributed by atoms with Gasteiger partial charge in [0.05, 0.1) is 41.0 Å². The van der Waals surface area contributed by atoms with Gasteiger partial charge in [0.25, 0.3) is 0 Å². The highest BCUT2D eigenvalue weighted by Crippen LogP contribution is 2.26. The molecule has 7 heteroatoms. The van der Waals surface area contributed by atoms with Gasteiger partial charge in [0.15, 0.2) is 0 Å². The van der Waals surface area contributed by atoms with Crippen LogP contribution in [0.2, 0.25) is 0 Å². The number of aromatic amines is 1. The lowest BCUT2D eigenvalue weighted by Crippen LogP contribution is -2.29. The van der Waals surface area contributed by atoms with Gasteiger partial charge in [-0.1, -0.05) is 59.7 Å². The van der Waals surface area contributed by atoms with Crippen molar-refractivity contribution in [3.05, 3.63) is 71.7 Å². The molecule has 0 bridgehead atoms. The molecule has 0 radical (unpaired) electrons. The maximum absolute atomic E-state index is 12.7. The van der Waals surface area contributed by atoms with Crippen LogP contribution in [0.3, 0.4) is 0 Å². The van der Waals surface area contributed by atoms with Gasteiger partial charge in [0, 0.05) is 10.8 Å². The van der Waals surface area contributed by atoms with E-state index in [9.17, 15) is 4.79 Å². The zero-order chi connectivity index (χ0) is 23.8. The molecule has 0 aliphatic carbocycles. The number of fused-ring (bicyclic) bond motifs is 1. The van der Waals surface area contributed by atoms with Gasteiger partial charge >= 0.3 is 6.03 Å². The predicted molar refractivity (Wildman–Crippen MR) is 133 cm³/mol. The van der Waals surface area contributed by atoms with Crippen molar-refractivity contribution in [2.75, 3.05) is 5.32 Å². The smallest absolute Gasteiger partial charge is 0.319 e. The molecule has 2 amide bonds. The molecule has 3 N–H and O–H groups in total. The Bertz CT molecular complexity index is 1270. The molecule has 33 heavy (non-hydrogen) atoms. The van der Waals surface area contributed by atoms with Crippen LogP contribution in [0.15, 0.2) is 54.7 Å². The summed E-state index contributed by atoms with van der Waals surface area (Å²) in [6.07, 6.45) is 1.71. The van der Waals surface area contributed by atoms with Crippen molar-refractivity contribution >= 4 is 22.6 Å². The van der Waals surface area contributed by atoms with E-state index in [0.29, 0.717) is 12.2 Å². The summed E-state index contributed by atoms with van der Waals surface area (Å²) in [5, 5.41) is 18.6. The Morgan fingerprint density at radius 3 is 2.39 bits per heavy atom. The molecule has 0 aliphatic heterocycles. The summed E-state index contributed by atoms with van der Waals surface area (Å²) in [5.74, 6) is 0. The second-order valence-electron chi connectivity index (χ2n) is 10.4. The Kier molecular flexibility index (Phi) is 5.74. The Morgan fingerprint density at radius 1 is 1.00 bits per heavy atom. The van der Waals surface area contributed by atoms with Crippen LogP contribution >= 0.6 is 0 Å². The Balaban J connectivity index is 1.56. The van der Waals surface area contributed by atoms with Gasteiger partial charge in [0.1, 0.15) is 0 Å². The van der Waals surface area contributed by atoms with Crippen LogP contribution in [0.5, 0.6) is 0 Å². The van der Waals surface area contributed by atoms with Crippen LogP contribution in [-0.2, 0) is 17.4 Å². The monoisotopic (exact) mass is 444 g/mol. The van der Waals surface area contributed by atoms with Crippen molar-refractivity contribution in [3.63, 3.8) is 0 Å². The molecule has 0 aliphatic rings. The summed E-state index contributed by atoms with van der Waals surface area (Å²) < 4.78 is 1.92. The summed E-state index contributed by atoms with van der Waals surface area (Å²) >= 11 is 0. The first-order chi connectivity index (χ1) is 15.5. The van der Waals surface area contributed by atoms with Crippen LogP contribution in [-0.4, -0.2) is 26.0 Å². The fourth-order valence-electron chi connectivity index (χ4n) is 3.65. The lowest BCUT2D eigenvalue weighted by Gasteiger charge is -2.19. The van der Waals surface area contributed by atoms with Crippen LogP contribution in [0.1, 0.15) is 58.5 Å². The van der Waals surface area contributed by atoms with Crippen LogP contribution in [0.4, 0.5) is 10.5 Å². The SMILES string of the molecule is CC(C)(C)c1ccc(-n2nc(C(C)(C)C)cc2CNC(=O)Nc2cccc3[nH]ncc23)cc1. The molecule has 172 valence electrons. The summed E-state index contributed by atoms with van der Waals surface area (Å²) in [6, 6.07) is 15.9. The van der Waals surface area contributed by atoms with Gasteiger partial charge in [0.2, 0.25) is 0 Å². The highest BCUT2D eigenvalue weighted by molar-refractivity contribution is 6.00. The van der Waals surface area contributed by atoms with Gasteiger partial charge < -0.3 is 10.6 Å². The number of hydrogen-bond acceptors (Lipinski definition) is 3. The molecular formula is C26H32N6O. The van der Waals surface area contributed by atoms with Crippen LogP contribution < -0.4 is 10.6 Å². The van der Waals surface area contributed by atoms with Crippen molar-refractivity contribution in [1.29, 1.82) is 0 Å². The minimum absolute atomic E-state index is 0.0829. The number of anilines is 1. The van der Waals surface area contributed by atoms with Crippen molar-refractivity contribution in [2.45, 2.75) is 58.9 Å². The standard InChI is InChI=1S/C26H32N6O/c1-25(2,3)17-10-12-18(13-11-17)32-19(14-23(31-32)26(4,5)6)15-27-24(33)29-21-8-7-9-22-20(21)16-28-30-22/h7-14,16H,15H2,1-6H3,(H,28,30)(H2,27,29,33). The summed E-state index contributed by atoms with van der Waals surface area (Å²) in [4.78, 5) is 12.7. The van der Waals surface area contributed by atoms with E-state index in [2.05, 4.69) is 92.7 Å². The first-order valence-electron chi connectivity index (χ1n) is 11.2. The predicted octanol–water partition coefficient (Wildman–Crippen LogP) is 5.67. The number of carbonyl (C=O) groups excluding carboxylic acids is 1. The highest BCUT2D eigenvalue weighted by Gasteiger charge is 2.21. The third kappa shape index (κ3) is 4.92. The molecule has 0 unspecified atom stereocenters. The number of H-pyrrole nitrogens is 1. The summed E-state index contributed by atoms with van der Waals surface area (Å²) in [5.41, 5.74) is 5.69. The summed E-state index contributed by atoms with van der Waals surface area (Å²) in [6.45, 7) is 13.4. The topological polar surface area (TPSA) is 87.6 Å². The minimum Gasteiger partial charge on any atom is -0.332 e. The number of nitrogens with zero attached hydrogens (tertiary/aromatic N) is 3. The molecule has 4 aromatic rings. The number of hydrogen-bond donors (Lipinski definition) is 3. The van der Waals surface area contributed by atoms with Gasteiger partial charge in [-0.2, -0.15) is 10.2 Å². The fourth-order valence-corrected chi connectivity index (χ4v) is 3.65. The molecule has 2 aromatic carbocycles. The second-order valence-corrected chi connectivity index (χ2v) is 10.4. The van der Waals surface area contributed by atoms with Gasteiger partial charge in [-0.3, -0.25) is 5.10 Å². The largest absolute Gasteiger partial charge is 0.332 e. The van der Waals surface area contributed by atoms with Crippen molar-refractivity contribution in [3.8, 4) is 5.69 Å². The molecule has 0 fully saturated rings. The summed E-state index contributed by atoms with van der Waals surface area (Å²) in [7, 11) is 0. The number of benzene rings is 2.